The molecule has 0 spiro atoms. The fourth-order valence-electron chi connectivity index (χ4n) is 2.50. The van der Waals surface area contributed by atoms with Gasteiger partial charge in [0.05, 0.1) is 6.61 Å². The van der Waals surface area contributed by atoms with Crippen molar-refractivity contribution in [1.82, 2.24) is 5.09 Å². The predicted molar refractivity (Wildman–Crippen MR) is 106 cm³/mol. The monoisotopic (exact) mass is 485 g/mol. The van der Waals surface area contributed by atoms with Gasteiger partial charge in [-0.1, -0.05) is 13.0 Å². The molecule has 0 aliphatic heterocycles. The maximum Gasteiger partial charge on any atom is 0.412 e. The second-order valence-corrected chi connectivity index (χ2v) is 9.80. The SMILES string of the molecule is CCCOC(=O)[C@H](C)NP(=O)(OCC(F)(F)F)[C@H](F)c1ccc2sc(C(=O)O)cc2c1. The first-order chi connectivity index (χ1) is 14.4. The van der Waals surface area contributed by atoms with E-state index in [4.69, 9.17) is 9.84 Å². The molecular formula is C18H20F4NO6PS. The van der Waals surface area contributed by atoms with Crippen LogP contribution in [-0.4, -0.2) is 42.5 Å². The molecule has 1 unspecified atom stereocenters. The summed E-state index contributed by atoms with van der Waals surface area (Å²) in [6.07, 6.45) is -4.41. The van der Waals surface area contributed by atoms with Gasteiger partial charge in [0, 0.05) is 4.70 Å². The summed E-state index contributed by atoms with van der Waals surface area (Å²) in [5.74, 6) is -4.68. The fourth-order valence-corrected chi connectivity index (χ4v) is 5.25. The van der Waals surface area contributed by atoms with Gasteiger partial charge in [0.25, 0.3) is 0 Å². The Labute approximate surface area is 178 Å². The average Bonchev–Trinajstić information content (AvgIpc) is 3.13. The predicted octanol–water partition coefficient (Wildman–Crippen LogP) is 5.27. The Morgan fingerprint density at radius 3 is 2.55 bits per heavy atom. The zero-order valence-electron chi connectivity index (χ0n) is 16.4. The molecule has 1 aromatic heterocycles. The summed E-state index contributed by atoms with van der Waals surface area (Å²) >= 11 is 0.921. The molecule has 2 aromatic rings. The van der Waals surface area contributed by atoms with Gasteiger partial charge in [-0.05, 0) is 42.5 Å². The fraction of sp³-hybridized carbons (Fsp3) is 0.444. The first-order valence-electron chi connectivity index (χ1n) is 9.02. The quantitative estimate of drug-likeness (QED) is 0.269. The van der Waals surface area contributed by atoms with Crippen LogP contribution >= 0.6 is 18.9 Å². The van der Waals surface area contributed by atoms with E-state index >= 15 is 4.39 Å². The highest BCUT2D eigenvalue weighted by Crippen LogP contribution is 2.58. The lowest BCUT2D eigenvalue weighted by molar-refractivity contribution is -0.154. The number of esters is 1. The van der Waals surface area contributed by atoms with Crippen molar-refractivity contribution in [2.75, 3.05) is 13.2 Å². The van der Waals surface area contributed by atoms with Gasteiger partial charge in [-0.2, -0.15) is 13.2 Å². The van der Waals surface area contributed by atoms with E-state index in [0.717, 1.165) is 18.3 Å². The molecule has 1 aromatic carbocycles. The molecule has 0 bridgehead atoms. The van der Waals surface area contributed by atoms with Crippen LogP contribution in [0.2, 0.25) is 0 Å². The van der Waals surface area contributed by atoms with Crippen molar-refractivity contribution in [2.24, 2.45) is 0 Å². The summed E-state index contributed by atoms with van der Waals surface area (Å²) in [7, 11) is -4.91. The van der Waals surface area contributed by atoms with Crippen molar-refractivity contribution in [3.8, 4) is 0 Å². The van der Waals surface area contributed by atoms with Gasteiger partial charge in [0.2, 0.25) is 5.91 Å². The van der Waals surface area contributed by atoms with Gasteiger partial charge in [-0.3, -0.25) is 9.36 Å². The summed E-state index contributed by atoms with van der Waals surface area (Å²) < 4.78 is 76.1. The van der Waals surface area contributed by atoms with Crippen LogP contribution in [0.15, 0.2) is 24.3 Å². The molecule has 0 amide bonds. The number of alkyl halides is 4. The van der Waals surface area contributed by atoms with E-state index in [1.807, 2.05) is 5.09 Å². The van der Waals surface area contributed by atoms with Crippen LogP contribution in [0.4, 0.5) is 17.6 Å². The third kappa shape index (κ3) is 6.73. The number of carboxylic acids is 1. The summed E-state index contributed by atoms with van der Waals surface area (Å²) in [4.78, 5) is 23.0. The number of halogens is 4. The van der Waals surface area contributed by atoms with Crippen LogP contribution in [0.3, 0.4) is 0 Å². The zero-order chi connectivity index (χ0) is 23.4. The number of rotatable bonds is 10. The second-order valence-electron chi connectivity index (χ2n) is 6.55. The first-order valence-corrected chi connectivity index (χ1v) is 11.5. The second kappa shape index (κ2) is 10.1. The van der Waals surface area contributed by atoms with Gasteiger partial charge in [-0.15, -0.1) is 11.3 Å². The minimum absolute atomic E-state index is 0.0236. The van der Waals surface area contributed by atoms with Crippen molar-refractivity contribution in [3.05, 3.63) is 34.7 Å². The summed E-state index contributed by atoms with van der Waals surface area (Å²) in [5, 5.41) is 11.4. The van der Waals surface area contributed by atoms with Crippen LogP contribution in [0.25, 0.3) is 10.1 Å². The number of aromatic carboxylic acids is 1. The molecular weight excluding hydrogens is 465 g/mol. The van der Waals surface area contributed by atoms with Crippen molar-refractivity contribution in [3.63, 3.8) is 0 Å². The third-order valence-corrected chi connectivity index (χ3v) is 7.18. The molecule has 0 saturated carbocycles. The topological polar surface area (TPSA) is 102 Å². The Kier molecular flexibility index (Phi) is 8.21. The molecule has 0 aliphatic rings. The van der Waals surface area contributed by atoms with E-state index in [9.17, 15) is 27.3 Å². The van der Waals surface area contributed by atoms with Gasteiger partial charge in [0.15, 0.2) is 6.61 Å². The van der Waals surface area contributed by atoms with Crippen molar-refractivity contribution in [2.45, 2.75) is 38.4 Å². The van der Waals surface area contributed by atoms with Crippen LogP contribution in [0, 0.1) is 0 Å². The molecule has 0 aliphatic carbocycles. The number of fused-ring (bicyclic) bond motifs is 1. The highest BCUT2D eigenvalue weighted by Gasteiger charge is 2.42. The van der Waals surface area contributed by atoms with Gasteiger partial charge >= 0.3 is 25.6 Å². The lowest BCUT2D eigenvalue weighted by Crippen LogP contribution is -2.35. The molecule has 7 nitrogen and oxygen atoms in total. The number of ether oxygens (including phenoxy) is 1. The number of benzene rings is 1. The number of thiophene rings is 1. The van der Waals surface area contributed by atoms with E-state index in [1.54, 1.807) is 6.92 Å². The van der Waals surface area contributed by atoms with E-state index in [-0.39, 0.29) is 17.0 Å². The maximum absolute atomic E-state index is 15.2. The summed E-state index contributed by atoms with van der Waals surface area (Å²) in [5.41, 5.74) is -0.297. The third-order valence-electron chi connectivity index (χ3n) is 3.92. The minimum atomic E-state index is -4.91. The van der Waals surface area contributed by atoms with Crippen LogP contribution in [0.5, 0.6) is 0 Å². The molecule has 1 heterocycles. The Morgan fingerprint density at radius 1 is 1.29 bits per heavy atom. The van der Waals surface area contributed by atoms with E-state index < -0.39 is 44.2 Å². The molecule has 0 radical (unpaired) electrons. The highest BCUT2D eigenvalue weighted by molar-refractivity contribution is 7.57. The lowest BCUT2D eigenvalue weighted by Gasteiger charge is -2.26. The number of hydrogen-bond donors (Lipinski definition) is 2. The van der Waals surface area contributed by atoms with E-state index in [2.05, 4.69) is 4.52 Å². The number of carboxylic acid groups (broad SMARTS) is 1. The Hall–Kier alpha value is -2.01. The van der Waals surface area contributed by atoms with Gasteiger partial charge in [-0.25, -0.2) is 14.3 Å². The molecule has 2 rings (SSSR count). The number of nitrogens with one attached hydrogen (secondary N) is 1. The minimum Gasteiger partial charge on any atom is -0.477 e. The molecule has 0 fully saturated rings. The van der Waals surface area contributed by atoms with E-state index in [1.165, 1.54) is 24.3 Å². The summed E-state index contributed by atoms with van der Waals surface area (Å²) in [6, 6.07) is 3.56. The molecule has 172 valence electrons. The van der Waals surface area contributed by atoms with Crippen molar-refractivity contribution in [1.29, 1.82) is 0 Å². The molecule has 3 atom stereocenters. The van der Waals surface area contributed by atoms with Crippen LogP contribution in [0.1, 0.15) is 41.4 Å². The zero-order valence-corrected chi connectivity index (χ0v) is 18.2. The van der Waals surface area contributed by atoms with Gasteiger partial charge in [0.1, 0.15) is 10.9 Å². The van der Waals surface area contributed by atoms with Gasteiger partial charge < -0.3 is 14.4 Å². The number of carbonyl (C=O) groups is 2. The standard InChI is InChI=1S/C18H20F4NO6PS/c1-3-6-28-17(26)10(2)23-30(27,29-9-18(20,21)22)15(19)11-4-5-13-12(7-11)8-14(31-13)16(24)25/h4-5,7-8,10,15H,3,6,9H2,1-2H3,(H,23,27)(H,24,25)/t10-,15-,30?/m0/s1. The molecule has 13 heteroatoms. The number of hydrogen-bond acceptors (Lipinski definition) is 6. The Bertz CT molecular complexity index is 995. The van der Waals surface area contributed by atoms with Crippen LogP contribution < -0.4 is 5.09 Å². The normalized spacial score (nSPS) is 15.9. The Morgan fingerprint density at radius 2 is 1.97 bits per heavy atom. The largest absolute Gasteiger partial charge is 0.477 e. The molecule has 2 N–H and O–H groups in total. The molecule has 0 saturated heterocycles. The lowest BCUT2D eigenvalue weighted by atomic mass is 10.2. The molecule has 31 heavy (non-hydrogen) atoms. The smallest absolute Gasteiger partial charge is 0.412 e. The van der Waals surface area contributed by atoms with Crippen LogP contribution in [-0.2, 0) is 18.6 Å². The average molecular weight is 485 g/mol. The van der Waals surface area contributed by atoms with Crippen molar-refractivity contribution >= 4 is 40.9 Å². The maximum atomic E-state index is 15.2. The summed E-state index contributed by atoms with van der Waals surface area (Å²) in [6.45, 7) is 0.906. The highest BCUT2D eigenvalue weighted by atomic mass is 32.1. The number of carbonyl (C=O) groups excluding carboxylic acids is 1. The first kappa shape index (κ1) is 25.3. The Balaban J connectivity index is 2.35. The van der Waals surface area contributed by atoms with Crippen molar-refractivity contribution < 1.29 is 46.1 Å². The van der Waals surface area contributed by atoms with E-state index in [0.29, 0.717) is 16.5 Å².